The molecule has 1 aromatic heterocycles. The quantitative estimate of drug-likeness (QED) is 0.608. The van der Waals surface area contributed by atoms with Gasteiger partial charge in [0.05, 0.1) is 32.2 Å². The van der Waals surface area contributed by atoms with Crippen LogP contribution in [-0.4, -0.2) is 63.7 Å². The minimum absolute atomic E-state index is 0.214. The monoisotopic (exact) mass is 428 g/mol. The van der Waals surface area contributed by atoms with Crippen LogP contribution in [0.3, 0.4) is 0 Å². The van der Waals surface area contributed by atoms with Crippen molar-refractivity contribution in [2.45, 2.75) is 19.3 Å². The molecule has 1 aliphatic heterocycles. The Bertz CT molecular complexity index is 877. The van der Waals surface area contributed by atoms with Gasteiger partial charge in [0.1, 0.15) is 11.8 Å². The molecule has 0 amide bonds. The minimum atomic E-state index is -0.399. The van der Waals surface area contributed by atoms with Gasteiger partial charge in [-0.2, -0.15) is 5.26 Å². The normalized spacial score (nSPS) is 18.6. The van der Waals surface area contributed by atoms with E-state index in [-0.39, 0.29) is 12.0 Å². The van der Waals surface area contributed by atoms with E-state index in [1.54, 1.807) is 18.3 Å². The fourth-order valence-electron chi connectivity index (χ4n) is 3.60. The molecular weight excluding hydrogens is 399 g/mol. The van der Waals surface area contributed by atoms with E-state index in [0.717, 1.165) is 17.8 Å². The van der Waals surface area contributed by atoms with Gasteiger partial charge in [-0.15, -0.1) is 0 Å². The summed E-state index contributed by atoms with van der Waals surface area (Å²) in [5, 5.41) is 9.02. The molecule has 0 bridgehead atoms. The molecule has 0 spiro atoms. The van der Waals surface area contributed by atoms with E-state index in [9.17, 15) is 4.39 Å². The number of anilines is 1. The Morgan fingerprint density at radius 2 is 2.00 bits per heavy atom. The van der Waals surface area contributed by atoms with Crippen LogP contribution in [0.15, 0.2) is 36.5 Å². The van der Waals surface area contributed by atoms with Crippen LogP contribution in [0.1, 0.15) is 17.7 Å². The molecule has 8 heteroatoms. The van der Waals surface area contributed by atoms with Crippen LogP contribution in [0, 0.1) is 23.1 Å². The average Bonchev–Trinajstić information content (AvgIpc) is 2.77. The molecule has 31 heavy (non-hydrogen) atoms. The molecule has 1 aromatic carbocycles. The molecule has 166 valence electrons. The number of methoxy groups -OCH3 is 1. The van der Waals surface area contributed by atoms with Gasteiger partial charge in [-0.1, -0.05) is 6.07 Å². The van der Waals surface area contributed by atoms with Crippen LogP contribution in [-0.2, 0) is 16.0 Å². The number of benzene rings is 1. The van der Waals surface area contributed by atoms with Gasteiger partial charge in [-0.05, 0) is 43.9 Å². The average molecular weight is 429 g/mol. The molecule has 2 aromatic rings. The Balaban J connectivity index is 1.66. The van der Waals surface area contributed by atoms with E-state index in [2.05, 4.69) is 14.8 Å². The van der Waals surface area contributed by atoms with Crippen molar-refractivity contribution < 1.29 is 18.6 Å². The maximum atomic E-state index is 14.2. The molecule has 0 saturated carbocycles. The number of aromatic nitrogens is 1. The molecule has 1 aliphatic rings. The molecule has 1 fully saturated rings. The first-order valence-corrected chi connectivity index (χ1v) is 10.3. The smallest absolute Gasteiger partial charge is 0.165 e. The second kappa shape index (κ2) is 11.0. The lowest BCUT2D eigenvalue weighted by molar-refractivity contribution is -0.203. The first-order valence-electron chi connectivity index (χ1n) is 10.3. The van der Waals surface area contributed by atoms with Gasteiger partial charge >= 0.3 is 0 Å². The van der Waals surface area contributed by atoms with E-state index < -0.39 is 5.82 Å². The van der Waals surface area contributed by atoms with Gasteiger partial charge in [0.25, 0.3) is 0 Å². The van der Waals surface area contributed by atoms with Crippen LogP contribution < -0.4 is 9.64 Å². The Labute approximate surface area is 183 Å². The predicted octanol–water partition coefficient (Wildman–Crippen LogP) is 3.05. The van der Waals surface area contributed by atoms with Crippen molar-refractivity contribution in [2.24, 2.45) is 5.92 Å². The molecule has 0 aliphatic carbocycles. The SMILES string of the molecule is COc1ccc(CN(CCC2OCC(CN(C)C)CO2)c2ccc(C#N)nc2)cc1F. The van der Waals surface area contributed by atoms with E-state index in [1.165, 1.54) is 13.2 Å². The predicted molar refractivity (Wildman–Crippen MR) is 115 cm³/mol. The maximum absolute atomic E-state index is 14.2. The summed E-state index contributed by atoms with van der Waals surface area (Å²) in [6.07, 6.45) is 2.04. The number of hydrogen-bond donors (Lipinski definition) is 0. The van der Waals surface area contributed by atoms with Crippen molar-refractivity contribution in [1.82, 2.24) is 9.88 Å². The summed E-state index contributed by atoms with van der Waals surface area (Å²) >= 11 is 0. The van der Waals surface area contributed by atoms with Gasteiger partial charge in [0.15, 0.2) is 17.9 Å². The molecule has 0 radical (unpaired) electrons. The van der Waals surface area contributed by atoms with Crippen molar-refractivity contribution in [2.75, 3.05) is 52.4 Å². The number of nitrogens with zero attached hydrogens (tertiary/aromatic N) is 4. The van der Waals surface area contributed by atoms with Gasteiger partial charge < -0.3 is 24.0 Å². The topological polar surface area (TPSA) is 70.8 Å². The summed E-state index contributed by atoms with van der Waals surface area (Å²) < 4.78 is 31.0. The second-order valence-corrected chi connectivity index (χ2v) is 7.92. The van der Waals surface area contributed by atoms with Crippen molar-refractivity contribution in [1.29, 1.82) is 5.26 Å². The zero-order valence-electron chi connectivity index (χ0n) is 18.3. The van der Waals surface area contributed by atoms with Crippen molar-refractivity contribution in [3.63, 3.8) is 0 Å². The summed E-state index contributed by atoms with van der Waals surface area (Å²) in [5.74, 6) is 0.183. The van der Waals surface area contributed by atoms with Crippen molar-refractivity contribution >= 4 is 5.69 Å². The van der Waals surface area contributed by atoms with Crippen molar-refractivity contribution in [3.8, 4) is 11.8 Å². The summed E-state index contributed by atoms with van der Waals surface area (Å²) in [5.41, 5.74) is 2.00. The second-order valence-electron chi connectivity index (χ2n) is 7.92. The first kappa shape index (κ1) is 22.9. The van der Waals surface area contributed by atoms with Gasteiger partial charge in [-0.25, -0.2) is 9.37 Å². The molecule has 0 unspecified atom stereocenters. The molecule has 0 N–H and O–H groups in total. The lowest BCUT2D eigenvalue weighted by Gasteiger charge is -2.32. The highest BCUT2D eigenvalue weighted by Gasteiger charge is 2.23. The van der Waals surface area contributed by atoms with Crippen molar-refractivity contribution in [3.05, 3.63) is 53.6 Å². The summed E-state index contributed by atoms with van der Waals surface area (Å²) in [7, 11) is 5.52. The van der Waals surface area contributed by atoms with Crippen LogP contribution in [0.5, 0.6) is 5.75 Å². The molecule has 3 rings (SSSR count). The number of rotatable bonds is 9. The Morgan fingerprint density at radius 3 is 2.58 bits per heavy atom. The van der Waals surface area contributed by atoms with E-state index >= 15 is 0 Å². The third-order valence-corrected chi connectivity index (χ3v) is 5.11. The molecule has 7 nitrogen and oxygen atoms in total. The van der Waals surface area contributed by atoms with Crippen LogP contribution in [0.25, 0.3) is 0 Å². The molecule has 1 saturated heterocycles. The Kier molecular flexibility index (Phi) is 8.18. The number of hydrogen-bond acceptors (Lipinski definition) is 7. The minimum Gasteiger partial charge on any atom is -0.494 e. The summed E-state index contributed by atoms with van der Waals surface area (Å²) in [6.45, 7) is 3.38. The Morgan fingerprint density at radius 1 is 1.23 bits per heavy atom. The molecule has 2 heterocycles. The number of halogens is 1. The zero-order valence-corrected chi connectivity index (χ0v) is 18.3. The third-order valence-electron chi connectivity index (χ3n) is 5.11. The summed E-state index contributed by atoms with van der Waals surface area (Å²) in [4.78, 5) is 8.38. The highest BCUT2D eigenvalue weighted by molar-refractivity contribution is 5.47. The largest absolute Gasteiger partial charge is 0.494 e. The van der Waals surface area contributed by atoms with E-state index in [4.69, 9.17) is 19.5 Å². The molecule has 0 atom stereocenters. The standard InChI is InChI=1S/C23H29FN4O3/c1-27(2)13-18-15-30-23(31-16-18)8-9-28(20-6-5-19(11-25)26-12-20)14-17-4-7-22(29-3)21(24)10-17/h4-7,10,12,18,23H,8-9,13-16H2,1-3H3. The zero-order chi connectivity index (χ0) is 22.2. The lowest BCUT2D eigenvalue weighted by atomic mass is 10.1. The van der Waals surface area contributed by atoms with Gasteiger partial charge in [-0.3, -0.25) is 0 Å². The fraction of sp³-hybridized carbons (Fsp3) is 0.478. The maximum Gasteiger partial charge on any atom is 0.165 e. The molecular formula is C23H29FN4O3. The van der Waals surface area contributed by atoms with Crippen LogP contribution in [0.2, 0.25) is 0 Å². The Hall–Kier alpha value is -2.73. The van der Waals surface area contributed by atoms with Crippen LogP contribution in [0.4, 0.5) is 10.1 Å². The van der Waals surface area contributed by atoms with Gasteiger partial charge in [0.2, 0.25) is 0 Å². The fourth-order valence-corrected chi connectivity index (χ4v) is 3.60. The number of pyridine rings is 1. The summed E-state index contributed by atoms with van der Waals surface area (Å²) in [6, 6.07) is 10.5. The van der Waals surface area contributed by atoms with E-state index in [1.807, 2.05) is 32.3 Å². The highest BCUT2D eigenvalue weighted by atomic mass is 19.1. The van der Waals surface area contributed by atoms with E-state index in [0.29, 0.717) is 44.3 Å². The first-order chi connectivity index (χ1) is 15.0. The van der Waals surface area contributed by atoms with Crippen LogP contribution >= 0.6 is 0 Å². The number of ether oxygens (including phenoxy) is 3. The lowest BCUT2D eigenvalue weighted by Crippen LogP contribution is -2.39. The van der Waals surface area contributed by atoms with Gasteiger partial charge in [0, 0.05) is 32.0 Å². The number of nitriles is 1. The highest BCUT2D eigenvalue weighted by Crippen LogP contribution is 2.23. The third kappa shape index (κ3) is 6.62.